The molecule has 8 rings (SSSR count). The standard InChI is InChI=1S/C62H88N8O10.C11H13NO/c1-38-31-43-30-27-40(32-44(43)34-69(38)55(75)51(59(2,3)4)65-49(71)36-67(14)57(77)79-61(8,9)10)24-23-39-25-28-42(29-26-39)53(73)63-45-33-48(54(74)64-47-22-18-20-41-19-16-17-21-46(41)47)70(35-45)56(76)52(60(5,6)7)66-50(72)37-68(15)58(78)80-62(11,12)13;13-8-12-11-7-3-5-9-4-1-2-6-10(9)11/h16-17,19,21,25-30,32,38,45,47-48,51-52H,18,20,22-24,31,33-37H2,1-15H3,(H,63,73)(H,64,74)(H,65,71)(H,66,72);1-2,4,6,8,11H,3,5,7H2,(H,12,13). The van der Waals surface area contributed by atoms with Crippen molar-refractivity contribution in [2.45, 2.75) is 214 Å². The minimum absolute atomic E-state index is 0.0246. The highest BCUT2D eigenvalue weighted by atomic mass is 16.6. The molecular formula is C73H101N9O11. The molecule has 7 unspecified atom stereocenters. The summed E-state index contributed by atoms with van der Waals surface area (Å²) in [5.41, 5.74) is 6.67. The molecule has 0 bridgehead atoms. The molecule has 20 nitrogen and oxygen atoms in total. The summed E-state index contributed by atoms with van der Waals surface area (Å²) >= 11 is 0. The van der Waals surface area contributed by atoms with Crippen LogP contribution in [0.25, 0.3) is 0 Å². The van der Waals surface area contributed by atoms with Crippen LogP contribution in [-0.4, -0.2) is 149 Å². The largest absolute Gasteiger partial charge is 0.444 e. The predicted octanol–water partition coefficient (Wildman–Crippen LogP) is 9.24. The number of rotatable bonds is 17. The van der Waals surface area contributed by atoms with Gasteiger partial charge >= 0.3 is 12.2 Å². The fraction of sp³-hybridized carbons (Fsp3) is 0.548. The molecule has 2 heterocycles. The maximum absolute atomic E-state index is 14.8. The number of likely N-dealkylation sites (N-methyl/N-ethyl adjacent to an activating group) is 2. The van der Waals surface area contributed by atoms with Gasteiger partial charge in [-0.3, -0.25) is 33.6 Å². The van der Waals surface area contributed by atoms with Crippen LogP contribution in [0, 0.1) is 10.8 Å². The van der Waals surface area contributed by atoms with Gasteiger partial charge in [-0.2, -0.15) is 0 Å². The van der Waals surface area contributed by atoms with Crippen molar-refractivity contribution in [2.75, 3.05) is 33.7 Å². The predicted molar refractivity (Wildman–Crippen MR) is 357 cm³/mol. The van der Waals surface area contributed by atoms with Crippen LogP contribution in [0.1, 0.15) is 189 Å². The van der Waals surface area contributed by atoms with Crippen LogP contribution in [0.3, 0.4) is 0 Å². The molecule has 4 aromatic carbocycles. The Hall–Kier alpha value is -8.29. The summed E-state index contributed by atoms with van der Waals surface area (Å²) in [5, 5.41) is 15.0. The third-order valence-corrected chi connectivity index (χ3v) is 17.4. The first-order chi connectivity index (χ1) is 43.6. The lowest BCUT2D eigenvalue weighted by Gasteiger charge is -2.40. The van der Waals surface area contributed by atoms with E-state index >= 15 is 0 Å². The van der Waals surface area contributed by atoms with E-state index in [0.717, 1.165) is 71.2 Å². The van der Waals surface area contributed by atoms with Gasteiger partial charge in [-0.05, 0) is 180 Å². The van der Waals surface area contributed by atoms with Crippen LogP contribution >= 0.6 is 0 Å². The highest BCUT2D eigenvalue weighted by molar-refractivity contribution is 5.96. The molecule has 93 heavy (non-hydrogen) atoms. The van der Waals surface area contributed by atoms with E-state index in [4.69, 9.17) is 9.47 Å². The Bertz CT molecular complexity index is 3340. The number of nitrogens with one attached hydrogen (secondary N) is 5. The summed E-state index contributed by atoms with van der Waals surface area (Å²) < 4.78 is 10.8. The number of ether oxygens (including phenoxy) is 2. The molecule has 0 saturated carbocycles. The maximum Gasteiger partial charge on any atom is 0.410 e. The number of aryl methyl sites for hydroxylation is 4. The second-order valence-electron chi connectivity index (χ2n) is 29.7. The average Bonchev–Trinajstić information content (AvgIpc) is 1.78. The molecule has 2 aliphatic heterocycles. The van der Waals surface area contributed by atoms with Gasteiger partial charge in [0.05, 0.1) is 12.1 Å². The molecule has 2 aliphatic carbocycles. The highest BCUT2D eigenvalue weighted by Crippen LogP contribution is 2.34. The highest BCUT2D eigenvalue weighted by Gasteiger charge is 2.46. The molecule has 1 saturated heterocycles. The molecule has 504 valence electrons. The number of hydrogen-bond donors (Lipinski definition) is 5. The van der Waals surface area contributed by atoms with Gasteiger partial charge in [-0.25, -0.2) is 9.59 Å². The molecule has 20 heteroatoms. The molecule has 0 radical (unpaired) electrons. The fourth-order valence-electron chi connectivity index (χ4n) is 12.5. The number of benzene rings is 4. The Labute approximate surface area is 550 Å². The smallest absolute Gasteiger partial charge is 0.410 e. The van der Waals surface area contributed by atoms with Crippen molar-refractivity contribution >= 4 is 54.0 Å². The van der Waals surface area contributed by atoms with Crippen LogP contribution in [0.2, 0.25) is 0 Å². The van der Waals surface area contributed by atoms with E-state index < -0.39 is 76.1 Å². The van der Waals surface area contributed by atoms with E-state index in [1.165, 1.54) is 47.0 Å². The van der Waals surface area contributed by atoms with Gasteiger partial charge < -0.3 is 55.7 Å². The van der Waals surface area contributed by atoms with E-state index in [0.29, 0.717) is 31.4 Å². The lowest BCUT2D eigenvalue weighted by molar-refractivity contribution is -0.144. The average molecular weight is 1280 g/mol. The molecule has 9 amide bonds. The first-order valence-electron chi connectivity index (χ1n) is 32.8. The van der Waals surface area contributed by atoms with E-state index in [1.54, 1.807) is 53.7 Å². The Balaban J connectivity index is 0.000000831. The van der Waals surface area contributed by atoms with Gasteiger partial charge in [-0.15, -0.1) is 0 Å². The lowest BCUT2D eigenvalue weighted by Crippen LogP contribution is -2.59. The monoisotopic (exact) mass is 1280 g/mol. The van der Waals surface area contributed by atoms with Gasteiger partial charge in [-0.1, -0.05) is 120 Å². The van der Waals surface area contributed by atoms with E-state index in [-0.39, 0.29) is 61.9 Å². The zero-order chi connectivity index (χ0) is 68.3. The molecule has 7 atom stereocenters. The second-order valence-corrected chi connectivity index (χ2v) is 29.7. The van der Waals surface area contributed by atoms with Crippen molar-refractivity contribution < 1.29 is 52.6 Å². The molecule has 4 aliphatic rings. The summed E-state index contributed by atoms with van der Waals surface area (Å²) in [7, 11) is 2.93. The Morgan fingerprint density at radius 2 is 1.08 bits per heavy atom. The number of carbonyl (C=O) groups is 9. The summed E-state index contributed by atoms with van der Waals surface area (Å²) in [6.45, 7) is 23.4. The summed E-state index contributed by atoms with van der Waals surface area (Å²) in [6, 6.07) is 26.5. The number of likely N-dealkylation sites (tertiary alicyclic amines) is 1. The second kappa shape index (κ2) is 30.6. The molecule has 4 aromatic rings. The first-order valence-corrected chi connectivity index (χ1v) is 32.8. The molecule has 0 aromatic heterocycles. The van der Waals surface area contributed by atoms with Crippen molar-refractivity contribution in [3.05, 3.63) is 141 Å². The number of carbonyl (C=O) groups excluding carboxylic acids is 9. The van der Waals surface area contributed by atoms with Crippen LogP contribution in [0.15, 0.2) is 91.0 Å². The van der Waals surface area contributed by atoms with Crippen molar-refractivity contribution in [3.63, 3.8) is 0 Å². The van der Waals surface area contributed by atoms with Crippen molar-refractivity contribution in [1.29, 1.82) is 0 Å². The molecule has 5 N–H and O–H groups in total. The van der Waals surface area contributed by atoms with E-state index in [2.05, 4.69) is 69.0 Å². The third kappa shape index (κ3) is 20.1. The van der Waals surface area contributed by atoms with E-state index in [9.17, 15) is 43.2 Å². The van der Waals surface area contributed by atoms with Gasteiger partial charge in [0.15, 0.2) is 0 Å². The summed E-state index contributed by atoms with van der Waals surface area (Å²) in [5.74, 6) is -2.41. The van der Waals surface area contributed by atoms with Crippen molar-refractivity contribution in [3.8, 4) is 0 Å². The fourth-order valence-corrected chi connectivity index (χ4v) is 12.5. The topological polar surface area (TPSA) is 245 Å². The molecule has 1 fully saturated rings. The molecule has 0 spiro atoms. The van der Waals surface area contributed by atoms with Crippen molar-refractivity contribution in [2.24, 2.45) is 10.8 Å². The lowest BCUT2D eigenvalue weighted by atomic mass is 9.84. The number of fused-ring (bicyclic) bond motifs is 3. The summed E-state index contributed by atoms with van der Waals surface area (Å²) in [4.78, 5) is 126. The third-order valence-electron chi connectivity index (χ3n) is 17.4. The number of amides is 9. The van der Waals surface area contributed by atoms with Crippen LogP contribution < -0.4 is 26.6 Å². The maximum atomic E-state index is 14.8. The normalized spacial score (nSPS) is 19.2. The Kier molecular flexibility index (Phi) is 23.8. The van der Waals surface area contributed by atoms with Gasteiger partial charge in [0, 0.05) is 44.8 Å². The zero-order valence-electron chi connectivity index (χ0n) is 57.5. The number of hydrogen-bond acceptors (Lipinski definition) is 11. The SMILES string of the molecule is CC1Cc2ccc(CCc3ccc(C(=O)NC4CC(C(=O)NC5CCCc6ccccc65)N(C(=O)C(NC(=O)CN(C)C(=O)OC(C)(C)C)C(C)(C)C)C4)cc3)cc2CN1C(=O)C(NC(=O)CN(C)C(=O)OC(C)(C)C)C(C)(C)C.O=CNC1CCCc2ccccc21. The van der Waals surface area contributed by atoms with Crippen LogP contribution in [0.5, 0.6) is 0 Å². The first kappa shape index (κ1) is 72.1. The quantitative estimate of drug-likeness (QED) is 0.0624. The van der Waals surface area contributed by atoms with Crippen LogP contribution in [0.4, 0.5) is 9.59 Å². The zero-order valence-corrected chi connectivity index (χ0v) is 57.5. The Morgan fingerprint density at radius 1 is 0.591 bits per heavy atom. The minimum Gasteiger partial charge on any atom is -0.444 e. The minimum atomic E-state index is -1.08. The molecular weight excluding hydrogens is 1180 g/mol. The van der Waals surface area contributed by atoms with Gasteiger partial charge in [0.1, 0.15) is 42.4 Å². The van der Waals surface area contributed by atoms with Crippen LogP contribution in [-0.2, 0) is 76.9 Å². The van der Waals surface area contributed by atoms with E-state index in [1.807, 2.05) is 89.8 Å². The summed E-state index contributed by atoms with van der Waals surface area (Å²) in [6.07, 6.45) is 7.58. The Morgan fingerprint density at radius 3 is 1.59 bits per heavy atom. The number of nitrogens with zero attached hydrogens (tertiary/aromatic N) is 4. The van der Waals surface area contributed by atoms with Gasteiger partial charge in [0.2, 0.25) is 35.9 Å². The van der Waals surface area contributed by atoms with Gasteiger partial charge in [0.25, 0.3) is 5.91 Å². The van der Waals surface area contributed by atoms with Crippen molar-refractivity contribution in [1.82, 2.24) is 46.2 Å².